The average molecular weight is 643 g/mol. The Hall–Kier alpha value is -4.29. The predicted molar refractivity (Wildman–Crippen MR) is 157 cm³/mol. The number of rotatable bonds is 10. The van der Waals surface area contributed by atoms with Crippen molar-refractivity contribution in [1.82, 2.24) is 30.7 Å². The summed E-state index contributed by atoms with van der Waals surface area (Å²) in [5.41, 5.74) is -0.0876. The number of fused-ring (bicyclic) bond motifs is 1. The summed E-state index contributed by atoms with van der Waals surface area (Å²) >= 11 is 7.64. The van der Waals surface area contributed by atoms with Gasteiger partial charge in [0, 0.05) is 29.8 Å². The first-order chi connectivity index (χ1) is 20.6. The molecule has 0 radical (unpaired) electrons. The summed E-state index contributed by atoms with van der Waals surface area (Å²) in [5, 5.41) is 41.2. The number of nitrogens with one attached hydrogen (secondary N) is 3. The van der Waals surface area contributed by atoms with Crippen molar-refractivity contribution in [2.45, 2.75) is 30.7 Å². The second kappa shape index (κ2) is 12.5. The van der Waals surface area contributed by atoms with Crippen molar-refractivity contribution in [3.8, 4) is 0 Å². The average Bonchev–Trinajstić information content (AvgIpc) is 3.51. The predicted octanol–water partition coefficient (Wildman–Crippen LogP) is -0.161. The molecule has 3 atom stereocenters. The molecule has 2 aliphatic rings. The van der Waals surface area contributed by atoms with Crippen molar-refractivity contribution in [1.29, 1.82) is 0 Å². The zero-order chi connectivity index (χ0) is 30.8. The minimum absolute atomic E-state index is 0.0887. The summed E-state index contributed by atoms with van der Waals surface area (Å²) in [5.74, 6) is -3.61. The highest BCUT2D eigenvalue weighted by Gasteiger charge is 2.55. The number of aliphatic hydroxyl groups excluding tert-OH is 2. The summed E-state index contributed by atoms with van der Waals surface area (Å²) in [6, 6.07) is 4.84. The van der Waals surface area contributed by atoms with E-state index in [1.54, 1.807) is 12.1 Å². The number of H-pyrrole nitrogens is 1. The van der Waals surface area contributed by atoms with E-state index in [9.17, 15) is 39.3 Å². The van der Waals surface area contributed by atoms with E-state index in [0.717, 1.165) is 22.3 Å². The van der Waals surface area contributed by atoms with Crippen LogP contribution in [0.5, 0.6) is 0 Å². The standard InChI is InChI=1S/C26H22N6O8S3/c33-8-11-1-3-12(4-2-11)17(28-21(36)13-7-27-6-5-15(13)35)22(37)29-18-24(38)32-19(26(39)40)14(10-42-25(18)32)20(41)23-31-30-16(9-34)43-23/h1-7,17-18,25,33-34H,8-10H2,(H,27,35)(H,28,36)(H,29,37)(H,39,40)/t17?,18?,25-/m0/s1. The number of hydrogen-bond donors (Lipinski definition) is 6. The molecule has 1 saturated heterocycles. The molecule has 6 N–H and O–H groups in total. The van der Waals surface area contributed by atoms with Crippen LogP contribution < -0.4 is 16.1 Å². The Morgan fingerprint density at radius 2 is 1.86 bits per heavy atom. The molecule has 1 fully saturated rings. The van der Waals surface area contributed by atoms with Crippen LogP contribution in [0.3, 0.4) is 0 Å². The highest BCUT2D eigenvalue weighted by Crippen LogP contribution is 2.41. The highest BCUT2D eigenvalue weighted by atomic mass is 32.2. The number of amides is 3. The molecule has 2 aliphatic heterocycles. The van der Waals surface area contributed by atoms with Crippen LogP contribution in [0.25, 0.3) is 0 Å². The van der Waals surface area contributed by atoms with Crippen molar-refractivity contribution in [2.75, 3.05) is 5.75 Å². The number of hydrogen-bond acceptors (Lipinski definition) is 12. The smallest absolute Gasteiger partial charge is 0.353 e. The van der Waals surface area contributed by atoms with E-state index in [1.807, 2.05) is 0 Å². The van der Waals surface area contributed by atoms with Gasteiger partial charge in [-0.3, -0.25) is 24.1 Å². The van der Waals surface area contributed by atoms with Gasteiger partial charge in [0.25, 0.3) is 11.8 Å². The van der Waals surface area contributed by atoms with Gasteiger partial charge < -0.3 is 30.9 Å². The molecule has 14 nitrogen and oxygen atoms in total. The summed E-state index contributed by atoms with van der Waals surface area (Å²) in [6.07, 6.45) is 2.55. The molecule has 3 aromatic rings. The Bertz CT molecular complexity index is 1720. The number of aliphatic carboxylic acids is 1. The van der Waals surface area contributed by atoms with Gasteiger partial charge in [0.15, 0.2) is 10.4 Å². The van der Waals surface area contributed by atoms with Crippen molar-refractivity contribution in [3.05, 3.63) is 90.9 Å². The summed E-state index contributed by atoms with van der Waals surface area (Å²) < 4.78 is 0. The fourth-order valence-electron chi connectivity index (χ4n) is 4.49. The SMILES string of the molecule is O=C(O)C1=C(C(=S)c2nnc(CO)s2)CS[C@H]2C(NC(=O)C(NC(=O)c3c[nH]ccc3=O)c3ccc(CO)cc3)C(=O)N12. The van der Waals surface area contributed by atoms with E-state index in [0.29, 0.717) is 16.1 Å². The zero-order valence-corrected chi connectivity index (χ0v) is 24.3. The summed E-state index contributed by atoms with van der Waals surface area (Å²) in [7, 11) is 0. The molecule has 0 bridgehead atoms. The molecule has 0 saturated carbocycles. The lowest BCUT2D eigenvalue weighted by atomic mass is 9.99. The van der Waals surface area contributed by atoms with Crippen LogP contribution in [-0.2, 0) is 27.6 Å². The number of thiocarbonyl (C=S) groups is 1. The molecule has 2 unspecified atom stereocenters. The highest BCUT2D eigenvalue weighted by molar-refractivity contribution is 8.00. The van der Waals surface area contributed by atoms with Crippen molar-refractivity contribution in [2.24, 2.45) is 0 Å². The Labute approximate surface area is 255 Å². The van der Waals surface area contributed by atoms with E-state index >= 15 is 0 Å². The van der Waals surface area contributed by atoms with Gasteiger partial charge in [0.1, 0.15) is 33.7 Å². The summed E-state index contributed by atoms with van der Waals surface area (Å²) in [6.45, 7) is -0.608. The minimum Gasteiger partial charge on any atom is -0.477 e. The molecule has 43 heavy (non-hydrogen) atoms. The Morgan fingerprint density at radius 3 is 2.49 bits per heavy atom. The third kappa shape index (κ3) is 5.84. The number of carboxylic acid groups (broad SMARTS) is 1. The molecule has 2 aromatic heterocycles. The first kappa shape index (κ1) is 30.2. The van der Waals surface area contributed by atoms with Crippen molar-refractivity contribution in [3.63, 3.8) is 0 Å². The lowest BCUT2D eigenvalue weighted by molar-refractivity contribution is -0.150. The van der Waals surface area contributed by atoms with E-state index in [2.05, 4.69) is 25.8 Å². The topological polar surface area (TPSA) is 215 Å². The Kier molecular flexibility index (Phi) is 8.79. The van der Waals surface area contributed by atoms with Crippen molar-refractivity contribution >= 4 is 63.9 Å². The fraction of sp³-hybridized carbons (Fsp3) is 0.231. The lowest BCUT2D eigenvalue weighted by Crippen LogP contribution is -2.71. The van der Waals surface area contributed by atoms with Crippen LogP contribution in [-0.4, -0.2) is 81.1 Å². The molecule has 0 spiro atoms. The molecule has 222 valence electrons. The Balaban J connectivity index is 1.39. The van der Waals surface area contributed by atoms with Crippen LogP contribution in [0, 0.1) is 0 Å². The van der Waals surface area contributed by atoms with Gasteiger partial charge in [0.05, 0.1) is 18.1 Å². The lowest BCUT2D eigenvalue weighted by Gasteiger charge is -2.49. The Morgan fingerprint density at radius 1 is 1.12 bits per heavy atom. The first-order valence-corrected chi connectivity index (χ1v) is 14.8. The second-order valence-electron chi connectivity index (χ2n) is 9.25. The third-order valence-electron chi connectivity index (χ3n) is 6.64. The number of benzene rings is 1. The normalized spacial score (nSPS) is 18.4. The number of aliphatic hydroxyl groups is 2. The fourth-order valence-corrected chi connectivity index (χ4v) is 6.93. The van der Waals surface area contributed by atoms with Crippen LogP contribution in [0.4, 0.5) is 0 Å². The molecule has 0 aliphatic carbocycles. The molecule has 1 aromatic carbocycles. The van der Waals surface area contributed by atoms with Crippen LogP contribution in [0.15, 0.2) is 58.8 Å². The number of carbonyl (C=O) groups is 4. The molecule has 17 heteroatoms. The van der Waals surface area contributed by atoms with E-state index in [1.165, 1.54) is 36.3 Å². The number of carbonyl (C=O) groups excluding carboxylic acids is 3. The van der Waals surface area contributed by atoms with Gasteiger partial charge in [-0.15, -0.1) is 22.0 Å². The quantitative estimate of drug-likeness (QED) is 0.0967. The van der Waals surface area contributed by atoms with Gasteiger partial charge in [-0.2, -0.15) is 0 Å². The number of carboxylic acids is 1. The minimum atomic E-state index is -1.39. The largest absolute Gasteiger partial charge is 0.477 e. The molecular formula is C26H22N6O8S3. The number of pyridine rings is 1. The zero-order valence-electron chi connectivity index (χ0n) is 21.8. The van der Waals surface area contributed by atoms with Crippen LogP contribution >= 0.6 is 35.3 Å². The van der Waals surface area contributed by atoms with E-state index in [-0.39, 0.29) is 45.7 Å². The maximum absolute atomic E-state index is 13.6. The molecule has 5 rings (SSSR count). The monoisotopic (exact) mass is 642 g/mol. The first-order valence-electron chi connectivity index (χ1n) is 12.5. The third-order valence-corrected chi connectivity index (χ3v) is 9.42. The molecule has 3 amide bonds. The number of β-lactam (4-membered cyclic amide) rings is 1. The maximum atomic E-state index is 13.6. The van der Waals surface area contributed by atoms with Crippen LogP contribution in [0.2, 0.25) is 0 Å². The molecule has 4 heterocycles. The van der Waals surface area contributed by atoms with Gasteiger partial charge in [0.2, 0.25) is 5.91 Å². The second-order valence-corrected chi connectivity index (χ2v) is 11.8. The van der Waals surface area contributed by atoms with Gasteiger partial charge >= 0.3 is 5.97 Å². The number of aromatic nitrogens is 3. The maximum Gasteiger partial charge on any atom is 0.353 e. The number of thioether (sulfide) groups is 1. The van der Waals surface area contributed by atoms with Gasteiger partial charge in [-0.05, 0) is 11.1 Å². The molecular weight excluding hydrogens is 621 g/mol. The van der Waals surface area contributed by atoms with E-state index in [4.69, 9.17) is 12.2 Å². The van der Waals surface area contributed by atoms with Gasteiger partial charge in [-0.25, -0.2) is 4.79 Å². The van der Waals surface area contributed by atoms with Crippen molar-refractivity contribution < 1.29 is 34.5 Å². The number of aromatic amines is 1. The van der Waals surface area contributed by atoms with Crippen LogP contribution in [0.1, 0.15) is 37.5 Å². The van der Waals surface area contributed by atoms with E-state index < -0.39 is 46.6 Å². The summed E-state index contributed by atoms with van der Waals surface area (Å²) in [4.78, 5) is 68.0. The van der Waals surface area contributed by atoms with Gasteiger partial charge in [-0.1, -0.05) is 47.8 Å². The number of nitrogens with zero attached hydrogens (tertiary/aromatic N) is 3.